The molecular weight excluding hydrogens is 402 g/mol. The number of nitro groups is 1. The minimum absolute atomic E-state index is 0.149. The summed E-state index contributed by atoms with van der Waals surface area (Å²) in [6, 6.07) is 16.2. The fourth-order valence-electron chi connectivity index (χ4n) is 5.55. The van der Waals surface area contributed by atoms with E-state index in [0.717, 1.165) is 37.5 Å². The molecule has 6 nitrogen and oxygen atoms in total. The predicted molar refractivity (Wildman–Crippen MR) is 127 cm³/mol. The van der Waals surface area contributed by atoms with E-state index in [0.29, 0.717) is 17.9 Å². The largest absolute Gasteiger partial charge is 0.497 e. The second-order valence-corrected chi connectivity index (χ2v) is 9.49. The van der Waals surface area contributed by atoms with E-state index in [4.69, 9.17) is 4.74 Å². The van der Waals surface area contributed by atoms with Crippen LogP contribution in [0.4, 0.5) is 5.69 Å². The van der Waals surface area contributed by atoms with Gasteiger partial charge in [-0.25, -0.2) is 0 Å². The summed E-state index contributed by atoms with van der Waals surface area (Å²) in [7, 11) is 4.03. The Hall–Kier alpha value is -2.44. The lowest BCUT2D eigenvalue weighted by atomic mass is 9.87. The highest BCUT2D eigenvalue weighted by atomic mass is 16.6. The fraction of sp³-hybridized carbons (Fsp3) is 0.538. The summed E-state index contributed by atoms with van der Waals surface area (Å²) in [5.41, 5.74) is 2.62. The lowest BCUT2D eigenvalue weighted by Gasteiger charge is -2.34. The molecule has 6 heteroatoms. The van der Waals surface area contributed by atoms with E-state index in [2.05, 4.69) is 35.0 Å². The second-order valence-electron chi connectivity index (χ2n) is 9.49. The number of ether oxygens (including phenoxy) is 1. The third-order valence-corrected chi connectivity index (χ3v) is 7.31. The van der Waals surface area contributed by atoms with Crippen LogP contribution in [-0.4, -0.2) is 54.6 Å². The zero-order chi connectivity index (χ0) is 22.5. The Morgan fingerprint density at radius 1 is 1.09 bits per heavy atom. The average Bonchev–Trinajstić information content (AvgIpc) is 3.22. The minimum Gasteiger partial charge on any atom is -0.497 e. The van der Waals surface area contributed by atoms with E-state index in [-0.39, 0.29) is 10.6 Å². The molecule has 1 aliphatic carbocycles. The molecule has 0 radical (unpaired) electrons. The number of rotatable bonds is 8. The highest BCUT2D eigenvalue weighted by molar-refractivity contribution is 5.34. The number of nitrogens with zero attached hydrogens (tertiary/aromatic N) is 3. The molecule has 32 heavy (non-hydrogen) atoms. The van der Waals surface area contributed by atoms with Crippen molar-refractivity contribution >= 4 is 5.69 Å². The molecule has 0 amide bonds. The van der Waals surface area contributed by atoms with Gasteiger partial charge in [0.1, 0.15) is 5.75 Å². The molecule has 2 aromatic rings. The fourth-order valence-corrected chi connectivity index (χ4v) is 5.55. The highest BCUT2D eigenvalue weighted by Gasteiger charge is 2.35. The van der Waals surface area contributed by atoms with Crippen LogP contribution in [0.2, 0.25) is 0 Å². The molecular formula is C26H35N3O3. The molecule has 0 bridgehead atoms. The molecule has 4 rings (SSSR count). The summed E-state index contributed by atoms with van der Waals surface area (Å²) in [6.45, 7) is 3.95. The van der Waals surface area contributed by atoms with E-state index in [1.54, 1.807) is 19.2 Å². The van der Waals surface area contributed by atoms with Crippen molar-refractivity contribution in [3.05, 3.63) is 69.8 Å². The van der Waals surface area contributed by atoms with Crippen molar-refractivity contribution in [3.8, 4) is 5.75 Å². The molecule has 1 aliphatic heterocycles. The summed E-state index contributed by atoms with van der Waals surface area (Å²) < 4.78 is 5.50. The van der Waals surface area contributed by atoms with E-state index >= 15 is 0 Å². The van der Waals surface area contributed by atoms with Gasteiger partial charge in [0, 0.05) is 50.3 Å². The second kappa shape index (κ2) is 10.5. The monoisotopic (exact) mass is 437 g/mol. The topological polar surface area (TPSA) is 58.9 Å². The van der Waals surface area contributed by atoms with Gasteiger partial charge >= 0.3 is 0 Å². The van der Waals surface area contributed by atoms with Gasteiger partial charge in [0.05, 0.1) is 12.0 Å². The first-order valence-corrected chi connectivity index (χ1v) is 11.8. The van der Waals surface area contributed by atoms with Crippen molar-refractivity contribution < 1.29 is 9.66 Å². The van der Waals surface area contributed by atoms with Crippen molar-refractivity contribution in [2.45, 2.75) is 50.6 Å². The van der Waals surface area contributed by atoms with Crippen LogP contribution < -0.4 is 4.74 Å². The maximum atomic E-state index is 11.0. The SMILES string of the molecule is COc1cccc(C2CN(Cc3ccc([N+](=O)[O-])cc3)CC2CN(C)C2CCCCC2)c1. The number of likely N-dealkylation sites (tertiary alicyclic amines) is 1. The Bertz CT molecular complexity index is 895. The predicted octanol–water partition coefficient (Wildman–Crippen LogP) is 5.08. The number of hydrogen-bond donors (Lipinski definition) is 0. The lowest BCUT2D eigenvalue weighted by Crippen LogP contribution is -2.38. The van der Waals surface area contributed by atoms with Gasteiger partial charge in [-0.15, -0.1) is 0 Å². The van der Waals surface area contributed by atoms with Crippen molar-refractivity contribution in [1.82, 2.24) is 9.80 Å². The van der Waals surface area contributed by atoms with Crippen LogP contribution in [0, 0.1) is 16.0 Å². The van der Waals surface area contributed by atoms with Crippen LogP contribution in [0.3, 0.4) is 0 Å². The first-order chi connectivity index (χ1) is 15.5. The van der Waals surface area contributed by atoms with Crippen LogP contribution in [0.5, 0.6) is 5.75 Å². The van der Waals surface area contributed by atoms with Crippen LogP contribution >= 0.6 is 0 Å². The molecule has 172 valence electrons. The summed E-state index contributed by atoms with van der Waals surface area (Å²) >= 11 is 0. The average molecular weight is 438 g/mol. The molecule has 2 fully saturated rings. The lowest BCUT2D eigenvalue weighted by molar-refractivity contribution is -0.384. The highest BCUT2D eigenvalue weighted by Crippen LogP contribution is 2.36. The van der Waals surface area contributed by atoms with Crippen LogP contribution in [0.15, 0.2) is 48.5 Å². The van der Waals surface area contributed by atoms with Gasteiger partial charge < -0.3 is 9.64 Å². The molecule has 0 N–H and O–H groups in total. The van der Waals surface area contributed by atoms with Gasteiger partial charge in [-0.05, 0) is 49.1 Å². The maximum Gasteiger partial charge on any atom is 0.269 e. The van der Waals surface area contributed by atoms with Gasteiger partial charge in [0.2, 0.25) is 0 Å². The Balaban J connectivity index is 1.49. The molecule has 2 aliphatic rings. The molecule has 2 atom stereocenters. The normalized spacial score (nSPS) is 22.3. The number of non-ortho nitro benzene ring substituents is 1. The third-order valence-electron chi connectivity index (χ3n) is 7.31. The summed E-state index contributed by atoms with van der Waals surface area (Å²) in [6.07, 6.45) is 6.72. The summed E-state index contributed by atoms with van der Waals surface area (Å²) in [5.74, 6) is 1.91. The first kappa shape index (κ1) is 22.7. The number of nitro benzene ring substituents is 1. The molecule has 2 unspecified atom stereocenters. The molecule has 2 aromatic carbocycles. The van der Waals surface area contributed by atoms with Crippen molar-refractivity contribution in [2.24, 2.45) is 5.92 Å². The Morgan fingerprint density at radius 2 is 1.84 bits per heavy atom. The first-order valence-electron chi connectivity index (χ1n) is 11.8. The van der Waals surface area contributed by atoms with E-state index < -0.39 is 0 Å². The van der Waals surface area contributed by atoms with E-state index in [9.17, 15) is 10.1 Å². The van der Waals surface area contributed by atoms with Gasteiger partial charge in [0.15, 0.2) is 0 Å². The van der Waals surface area contributed by atoms with Crippen molar-refractivity contribution in [2.75, 3.05) is 33.8 Å². The summed E-state index contributed by atoms with van der Waals surface area (Å²) in [5, 5.41) is 11.0. The quantitative estimate of drug-likeness (QED) is 0.426. The van der Waals surface area contributed by atoms with E-state index in [1.165, 1.54) is 37.7 Å². The summed E-state index contributed by atoms with van der Waals surface area (Å²) in [4.78, 5) is 15.7. The molecule has 0 spiro atoms. The Kier molecular flexibility index (Phi) is 7.43. The standard InChI is InChI=1S/C26H35N3O3/c1-27(23-8-4-3-5-9-23)17-22-18-28(16-20-11-13-24(14-12-20)29(30)31)19-26(22)21-7-6-10-25(15-21)32-2/h6-7,10-15,22-23,26H,3-5,8-9,16-19H2,1-2H3. The third kappa shape index (κ3) is 5.48. The van der Waals surface area contributed by atoms with E-state index in [1.807, 2.05) is 18.2 Å². The molecule has 1 saturated carbocycles. The maximum absolute atomic E-state index is 11.0. The van der Waals surface area contributed by atoms with Crippen LogP contribution in [-0.2, 0) is 6.54 Å². The number of hydrogen-bond acceptors (Lipinski definition) is 5. The molecule has 1 saturated heterocycles. The Morgan fingerprint density at radius 3 is 2.53 bits per heavy atom. The number of benzene rings is 2. The molecule has 0 aromatic heterocycles. The van der Waals surface area contributed by atoms with Gasteiger partial charge in [-0.1, -0.05) is 43.5 Å². The van der Waals surface area contributed by atoms with Crippen molar-refractivity contribution in [3.63, 3.8) is 0 Å². The zero-order valence-corrected chi connectivity index (χ0v) is 19.3. The van der Waals surface area contributed by atoms with Crippen LogP contribution in [0.25, 0.3) is 0 Å². The minimum atomic E-state index is -0.338. The van der Waals surface area contributed by atoms with Crippen molar-refractivity contribution in [1.29, 1.82) is 0 Å². The van der Waals surface area contributed by atoms with Crippen LogP contribution in [0.1, 0.15) is 49.1 Å². The van der Waals surface area contributed by atoms with Gasteiger partial charge in [0.25, 0.3) is 5.69 Å². The van der Waals surface area contributed by atoms with Gasteiger partial charge in [-0.3, -0.25) is 15.0 Å². The van der Waals surface area contributed by atoms with Gasteiger partial charge in [-0.2, -0.15) is 0 Å². The zero-order valence-electron chi connectivity index (χ0n) is 19.3. The molecule has 1 heterocycles. The smallest absolute Gasteiger partial charge is 0.269 e. The number of methoxy groups -OCH3 is 1. The Labute approximate surface area is 191 Å².